The highest BCUT2D eigenvalue weighted by molar-refractivity contribution is 7.80. The Hall–Kier alpha value is 0.660. The SMILES string of the molecule is [S]COC[S]. The average molecular weight is 108 g/mol. The van der Waals surface area contributed by atoms with Crippen LogP contribution in [-0.4, -0.2) is 11.9 Å². The minimum atomic E-state index is 0.323. The lowest BCUT2D eigenvalue weighted by Crippen LogP contribution is -1.78. The van der Waals surface area contributed by atoms with Crippen LogP contribution in [0.5, 0.6) is 0 Å². The van der Waals surface area contributed by atoms with Gasteiger partial charge in [-0.2, -0.15) is 0 Å². The van der Waals surface area contributed by atoms with Crippen LogP contribution in [0.3, 0.4) is 0 Å². The van der Waals surface area contributed by atoms with Crippen molar-refractivity contribution in [2.45, 2.75) is 0 Å². The molecule has 0 aliphatic rings. The van der Waals surface area contributed by atoms with Crippen molar-refractivity contribution in [3.8, 4) is 0 Å². The lowest BCUT2D eigenvalue weighted by molar-refractivity contribution is 0.243. The third-order valence-corrected chi connectivity index (χ3v) is 0.500. The van der Waals surface area contributed by atoms with E-state index < -0.39 is 0 Å². The molecule has 0 heterocycles. The first kappa shape index (κ1) is 5.66. The van der Waals surface area contributed by atoms with Crippen LogP contribution in [0.25, 0.3) is 0 Å². The number of hydrogen-bond acceptors (Lipinski definition) is 1. The maximum Gasteiger partial charge on any atom is 0.103 e. The smallest absolute Gasteiger partial charge is 0.103 e. The molecule has 1 nitrogen and oxygen atoms in total. The summed E-state index contributed by atoms with van der Waals surface area (Å²) in [4.78, 5) is 0. The third-order valence-electron chi connectivity index (χ3n) is 0.167. The molecular weight excluding hydrogens is 104 g/mol. The van der Waals surface area contributed by atoms with Gasteiger partial charge in [-0.25, -0.2) is 0 Å². The quantitative estimate of drug-likeness (QED) is 0.518. The summed E-state index contributed by atoms with van der Waals surface area (Å²) in [7, 11) is 0. The fourth-order valence-corrected chi connectivity index (χ4v) is 0.306. The van der Waals surface area contributed by atoms with Crippen LogP contribution >= 0.6 is 25.3 Å². The summed E-state index contributed by atoms with van der Waals surface area (Å²) in [5.74, 6) is 0.646. The van der Waals surface area contributed by atoms with Gasteiger partial charge in [-0.05, 0) is 0 Å². The van der Waals surface area contributed by atoms with E-state index in [0.717, 1.165) is 0 Å². The van der Waals surface area contributed by atoms with Crippen LogP contribution in [0.1, 0.15) is 0 Å². The van der Waals surface area contributed by atoms with E-state index in [4.69, 9.17) is 0 Å². The Kier molecular flexibility index (Phi) is 5.28. The molecule has 3 heteroatoms. The second-order valence-electron chi connectivity index (χ2n) is 0.440. The molecular formula is C2H4OS2. The highest BCUT2D eigenvalue weighted by Crippen LogP contribution is 1.77. The lowest BCUT2D eigenvalue weighted by atomic mass is 11.5. The largest absolute Gasteiger partial charge is 0.359 e. The second kappa shape index (κ2) is 4.66. The first-order valence-electron chi connectivity index (χ1n) is 1.15. The van der Waals surface area contributed by atoms with Gasteiger partial charge in [0.1, 0.15) is 11.9 Å². The molecule has 0 aromatic heterocycles. The van der Waals surface area contributed by atoms with Crippen molar-refractivity contribution in [3.05, 3.63) is 0 Å². The minimum absolute atomic E-state index is 0.323. The Morgan fingerprint density at radius 3 is 1.60 bits per heavy atom. The zero-order valence-corrected chi connectivity index (χ0v) is 4.27. The van der Waals surface area contributed by atoms with E-state index in [9.17, 15) is 0 Å². The van der Waals surface area contributed by atoms with Crippen molar-refractivity contribution in [1.82, 2.24) is 0 Å². The molecule has 0 unspecified atom stereocenters. The standard InChI is InChI=1S/C2H4OS2/c4-1-3-2-5/h1-2H2. The predicted octanol–water partition coefficient (Wildman–Crippen LogP) is 1.31. The molecule has 0 bridgehead atoms. The molecule has 0 N–H and O–H groups in total. The van der Waals surface area contributed by atoms with Crippen LogP contribution in [0.2, 0.25) is 0 Å². The van der Waals surface area contributed by atoms with Crippen LogP contribution < -0.4 is 0 Å². The van der Waals surface area contributed by atoms with E-state index in [1.165, 1.54) is 0 Å². The Labute approximate surface area is 42.5 Å². The molecule has 2 radical (unpaired) electrons. The normalized spacial score (nSPS) is 8.40. The lowest BCUT2D eigenvalue weighted by Gasteiger charge is -1.83. The van der Waals surface area contributed by atoms with Crippen LogP contribution in [0.15, 0.2) is 0 Å². The van der Waals surface area contributed by atoms with Crippen molar-refractivity contribution in [3.63, 3.8) is 0 Å². The highest BCUT2D eigenvalue weighted by atomic mass is 32.1. The van der Waals surface area contributed by atoms with E-state index >= 15 is 0 Å². The third kappa shape index (κ3) is 4.66. The van der Waals surface area contributed by atoms with E-state index in [-0.39, 0.29) is 0 Å². The summed E-state index contributed by atoms with van der Waals surface area (Å²) in [6.07, 6.45) is 0. The van der Waals surface area contributed by atoms with Gasteiger partial charge in [-0.15, -0.1) is 0 Å². The van der Waals surface area contributed by atoms with Gasteiger partial charge in [0.15, 0.2) is 0 Å². The molecule has 0 aliphatic carbocycles. The maximum atomic E-state index is 4.46. The molecule has 0 atom stereocenters. The van der Waals surface area contributed by atoms with Gasteiger partial charge in [0.25, 0.3) is 0 Å². The minimum Gasteiger partial charge on any atom is -0.359 e. The van der Waals surface area contributed by atoms with E-state index in [0.29, 0.717) is 11.9 Å². The molecule has 0 aliphatic heterocycles. The molecule has 0 saturated carbocycles. The first-order valence-corrected chi connectivity index (χ1v) is 2.31. The molecule has 30 valence electrons. The molecule has 0 amide bonds. The monoisotopic (exact) mass is 108 g/mol. The number of hydrogen-bond donors (Lipinski definition) is 0. The van der Waals surface area contributed by atoms with Gasteiger partial charge in [-0.1, -0.05) is 25.3 Å². The van der Waals surface area contributed by atoms with Gasteiger partial charge in [0.2, 0.25) is 0 Å². The number of rotatable bonds is 2. The van der Waals surface area contributed by atoms with Crippen LogP contribution in [0.4, 0.5) is 0 Å². The molecule has 0 fully saturated rings. The summed E-state index contributed by atoms with van der Waals surface area (Å²) in [6, 6.07) is 0. The molecule has 0 saturated heterocycles. The summed E-state index contributed by atoms with van der Waals surface area (Å²) in [5, 5.41) is 0. The van der Waals surface area contributed by atoms with Gasteiger partial charge in [0, 0.05) is 0 Å². The second-order valence-corrected chi connectivity index (χ2v) is 0.911. The van der Waals surface area contributed by atoms with Gasteiger partial charge in [-0.3, -0.25) is 0 Å². The predicted molar refractivity (Wildman–Crippen MR) is 26.0 cm³/mol. The summed E-state index contributed by atoms with van der Waals surface area (Å²) < 4.78 is 4.46. The zero-order chi connectivity index (χ0) is 4.12. The topological polar surface area (TPSA) is 9.23 Å². The van der Waals surface area contributed by atoms with Crippen molar-refractivity contribution >= 4 is 25.3 Å². The Bertz CT molecular complexity index is 15.1. The van der Waals surface area contributed by atoms with Gasteiger partial charge < -0.3 is 4.74 Å². The van der Waals surface area contributed by atoms with Crippen molar-refractivity contribution in [1.29, 1.82) is 0 Å². The fraction of sp³-hybridized carbons (Fsp3) is 1.00. The maximum absolute atomic E-state index is 4.46. The van der Waals surface area contributed by atoms with Crippen LogP contribution in [0, 0.1) is 0 Å². The Morgan fingerprint density at radius 1 is 1.20 bits per heavy atom. The molecule has 5 heavy (non-hydrogen) atoms. The molecule has 0 aromatic carbocycles. The summed E-state index contributed by atoms with van der Waals surface area (Å²) >= 11 is 8.72. The number of ether oxygens (including phenoxy) is 1. The average Bonchev–Trinajstić information content (AvgIpc) is 1.41. The highest BCUT2D eigenvalue weighted by Gasteiger charge is 1.67. The molecule has 0 aromatic rings. The van der Waals surface area contributed by atoms with Crippen molar-refractivity contribution in [2.75, 3.05) is 11.9 Å². The molecule has 0 rings (SSSR count). The molecule has 0 spiro atoms. The Balaban J connectivity index is 2.19. The summed E-state index contributed by atoms with van der Waals surface area (Å²) in [6.45, 7) is 0. The van der Waals surface area contributed by atoms with Gasteiger partial charge >= 0.3 is 0 Å². The van der Waals surface area contributed by atoms with Crippen LogP contribution in [-0.2, 0) is 4.74 Å². The van der Waals surface area contributed by atoms with Gasteiger partial charge in [0.05, 0.1) is 0 Å². The fourth-order valence-electron chi connectivity index (χ4n) is 0.0340. The summed E-state index contributed by atoms with van der Waals surface area (Å²) in [5.41, 5.74) is 0. The van der Waals surface area contributed by atoms with E-state index in [1.807, 2.05) is 0 Å². The Morgan fingerprint density at radius 2 is 1.60 bits per heavy atom. The van der Waals surface area contributed by atoms with Crippen molar-refractivity contribution < 1.29 is 4.74 Å². The first-order chi connectivity index (χ1) is 2.41. The van der Waals surface area contributed by atoms with Crippen molar-refractivity contribution in [2.24, 2.45) is 0 Å². The van der Waals surface area contributed by atoms with E-state index in [2.05, 4.69) is 30.0 Å². The zero-order valence-electron chi connectivity index (χ0n) is 2.64. The van der Waals surface area contributed by atoms with E-state index in [1.54, 1.807) is 0 Å².